The molecule has 5 heteroatoms. The average Bonchev–Trinajstić information content (AvgIpc) is 2.93. The average molecular weight is 293 g/mol. The summed E-state index contributed by atoms with van der Waals surface area (Å²) in [6, 6.07) is 6.48. The molecule has 0 amide bonds. The quantitative estimate of drug-likeness (QED) is 0.887. The fraction of sp³-hybridized carbons (Fsp3) is 0.467. The molecule has 1 N–H and O–H groups in total. The van der Waals surface area contributed by atoms with Crippen LogP contribution in [-0.2, 0) is 6.42 Å². The van der Waals surface area contributed by atoms with Gasteiger partial charge in [0.05, 0.1) is 22.5 Å². The zero-order valence-corrected chi connectivity index (χ0v) is 12.9. The van der Waals surface area contributed by atoms with Crippen LogP contribution in [0.5, 0.6) is 0 Å². The summed E-state index contributed by atoms with van der Waals surface area (Å²) in [5, 5.41) is 8.58. The highest BCUT2D eigenvalue weighted by Crippen LogP contribution is 2.18. The van der Waals surface area contributed by atoms with E-state index in [0.29, 0.717) is 11.1 Å². The van der Waals surface area contributed by atoms with Gasteiger partial charge in [0.1, 0.15) is 0 Å². The second kappa shape index (κ2) is 6.86. The summed E-state index contributed by atoms with van der Waals surface area (Å²) in [6.45, 7) is 4.34. The van der Waals surface area contributed by atoms with Crippen LogP contribution in [0, 0.1) is 0 Å². The smallest absolute Gasteiger partial charge is 0.0644 e. The van der Waals surface area contributed by atoms with Crippen LogP contribution >= 0.6 is 11.6 Å². The molecule has 0 radical (unpaired) electrons. The zero-order valence-electron chi connectivity index (χ0n) is 12.2. The summed E-state index contributed by atoms with van der Waals surface area (Å²) in [7, 11) is 1.94. The summed E-state index contributed by atoms with van der Waals surface area (Å²) in [5.41, 5.74) is 2.05. The Bertz CT molecular complexity index is 535. The molecule has 0 saturated carbocycles. The molecule has 108 valence electrons. The van der Waals surface area contributed by atoms with Gasteiger partial charge >= 0.3 is 0 Å². The Morgan fingerprint density at radius 1 is 1.35 bits per heavy atom. The predicted octanol–water partition coefficient (Wildman–Crippen LogP) is 3.41. The van der Waals surface area contributed by atoms with E-state index in [4.69, 9.17) is 11.6 Å². The number of nitrogens with zero attached hydrogens (tertiary/aromatic N) is 3. The number of rotatable bonds is 6. The summed E-state index contributed by atoms with van der Waals surface area (Å²) in [4.78, 5) is 4.37. The standard InChI is InChI=1S/C15H21ClN4/c1-4-11(2)20-8-7-13(19-20)9-15(17-3)14-6-5-12(16)10-18-14/h5-8,10-11,15,17H,4,9H2,1-3H3. The molecule has 2 rings (SSSR count). The van der Waals surface area contributed by atoms with E-state index in [0.717, 1.165) is 24.2 Å². The number of likely N-dealkylation sites (N-methyl/N-ethyl adjacent to an activating group) is 1. The number of aromatic nitrogens is 3. The lowest BCUT2D eigenvalue weighted by molar-refractivity contribution is 0.468. The van der Waals surface area contributed by atoms with Gasteiger partial charge in [-0.2, -0.15) is 5.10 Å². The second-order valence-corrected chi connectivity index (χ2v) is 5.43. The van der Waals surface area contributed by atoms with Gasteiger partial charge in [-0.25, -0.2) is 0 Å². The number of pyridine rings is 1. The van der Waals surface area contributed by atoms with Crippen molar-refractivity contribution in [1.82, 2.24) is 20.1 Å². The van der Waals surface area contributed by atoms with E-state index < -0.39 is 0 Å². The minimum atomic E-state index is 0.146. The molecule has 0 fully saturated rings. The van der Waals surface area contributed by atoms with E-state index in [9.17, 15) is 0 Å². The van der Waals surface area contributed by atoms with Crippen LogP contribution in [0.1, 0.15) is 43.7 Å². The van der Waals surface area contributed by atoms with Crippen molar-refractivity contribution in [3.05, 3.63) is 47.0 Å². The maximum atomic E-state index is 5.88. The van der Waals surface area contributed by atoms with E-state index in [-0.39, 0.29) is 6.04 Å². The molecule has 2 atom stereocenters. The monoisotopic (exact) mass is 292 g/mol. The normalized spacial score (nSPS) is 14.2. The van der Waals surface area contributed by atoms with E-state index in [1.54, 1.807) is 6.20 Å². The third kappa shape index (κ3) is 3.58. The number of halogens is 1. The lowest BCUT2D eigenvalue weighted by Gasteiger charge is -2.14. The Morgan fingerprint density at radius 2 is 2.15 bits per heavy atom. The van der Waals surface area contributed by atoms with Gasteiger partial charge in [-0.1, -0.05) is 18.5 Å². The fourth-order valence-electron chi connectivity index (χ4n) is 2.08. The first-order valence-corrected chi connectivity index (χ1v) is 7.34. The molecular weight excluding hydrogens is 272 g/mol. The van der Waals surface area contributed by atoms with Gasteiger partial charge in [0, 0.05) is 24.9 Å². The van der Waals surface area contributed by atoms with Crippen LogP contribution in [0.4, 0.5) is 0 Å². The molecule has 2 unspecified atom stereocenters. The van der Waals surface area contributed by atoms with Gasteiger partial charge in [0.25, 0.3) is 0 Å². The van der Waals surface area contributed by atoms with E-state index in [1.807, 2.05) is 30.1 Å². The minimum Gasteiger partial charge on any atom is -0.311 e. The Morgan fingerprint density at radius 3 is 2.75 bits per heavy atom. The van der Waals surface area contributed by atoms with Crippen molar-refractivity contribution in [2.24, 2.45) is 0 Å². The summed E-state index contributed by atoms with van der Waals surface area (Å²) in [5.74, 6) is 0. The number of hydrogen-bond donors (Lipinski definition) is 1. The van der Waals surface area contributed by atoms with Crippen molar-refractivity contribution in [3.63, 3.8) is 0 Å². The topological polar surface area (TPSA) is 42.7 Å². The van der Waals surface area contributed by atoms with Crippen molar-refractivity contribution in [1.29, 1.82) is 0 Å². The van der Waals surface area contributed by atoms with Crippen LogP contribution in [-0.4, -0.2) is 21.8 Å². The van der Waals surface area contributed by atoms with Gasteiger partial charge in [-0.15, -0.1) is 0 Å². The van der Waals surface area contributed by atoms with Gasteiger partial charge < -0.3 is 5.32 Å². The van der Waals surface area contributed by atoms with E-state index in [2.05, 4.69) is 35.3 Å². The van der Waals surface area contributed by atoms with E-state index in [1.165, 1.54) is 0 Å². The number of hydrogen-bond acceptors (Lipinski definition) is 3. The Kier molecular flexibility index (Phi) is 5.15. The van der Waals surface area contributed by atoms with Gasteiger partial charge in [0.15, 0.2) is 0 Å². The summed E-state index contributed by atoms with van der Waals surface area (Å²) >= 11 is 5.88. The molecule has 2 heterocycles. The SMILES string of the molecule is CCC(C)n1ccc(CC(NC)c2ccc(Cl)cn2)n1. The molecule has 4 nitrogen and oxygen atoms in total. The zero-order chi connectivity index (χ0) is 14.5. The van der Waals surface area contributed by atoms with Crippen molar-refractivity contribution < 1.29 is 0 Å². The van der Waals surface area contributed by atoms with Crippen LogP contribution in [0.25, 0.3) is 0 Å². The molecular formula is C15H21ClN4. The van der Waals surface area contributed by atoms with Crippen molar-refractivity contribution in [2.75, 3.05) is 7.05 Å². The first-order valence-electron chi connectivity index (χ1n) is 6.96. The predicted molar refractivity (Wildman–Crippen MR) is 82.0 cm³/mol. The van der Waals surface area contributed by atoms with Gasteiger partial charge in [-0.3, -0.25) is 9.67 Å². The maximum Gasteiger partial charge on any atom is 0.0644 e. The molecule has 0 aliphatic rings. The molecule has 0 spiro atoms. The van der Waals surface area contributed by atoms with Crippen molar-refractivity contribution >= 4 is 11.6 Å². The third-order valence-electron chi connectivity index (χ3n) is 3.58. The number of nitrogens with one attached hydrogen (secondary N) is 1. The van der Waals surface area contributed by atoms with Gasteiger partial charge in [-0.05, 0) is 38.6 Å². The molecule has 0 aromatic carbocycles. The van der Waals surface area contributed by atoms with Crippen LogP contribution in [0.3, 0.4) is 0 Å². The molecule has 2 aromatic heterocycles. The Labute approximate surface area is 125 Å². The Hall–Kier alpha value is -1.39. The highest BCUT2D eigenvalue weighted by Gasteiger charge is 2.14. The lowest BCUT2D eigenvalue weighted by atomic mass is 10.1. The first-order chi connectivity index (χ1) is 9.63. The Balaban J connectivity index is 2.10. The van der Waals surface area contributed by atoms with Crippen molar-refractivity contribution in [2.45, 2.75) is 38.8 Å². The molecule has 0 saturated heterocycles. The maximum absolute atomic E-state index is 5.88. The molecule has 2 aromatic rings. The van der Waals surface area contributed by atoms with Crippen LogP contribution in [0.15, 0.2) is 30.6 Å². The second-order valence-electron chi connectivity index (χ2n) is 4.99. The molecule has 0 bridgehead atoms. The molecule has 0 aliphatic carbocycles. The van der Waals surface area contributed by atoms with Crippen LogP contribution in [0.2, 0.25) is 5.02 Å². The third-order valence-corrected chi connectivity index (χ3v) is 3.80. The molecule has 0 aliphatic heterocycles. The highest BCUT2D eigenvalue weighted by molar-refractivity contribution is 6.30. The highest BCUT2D eigenvalue weighted by atomic mass is 35.5. The fourth-order valence-corrected chi connectivity index (χ4v) is 2.19. The summed E-state index contributed by atoms with van der Waals surface area (Å²) in [6.07, 6.45) is 5.62. The van der Waals surface area contributed by atoms with E-state index >= 15 is 0 Å². The molecule has 20 heavy (non-hydrogen) atoms. The summed E-state index contributed by atoms with van der Waals surface area (Å²) < 4.78 is 2.03. The minimum absolute atomic E-state index is 0.146. The first kappa shape index (κ1) is 15.0. The van der Waals surface area contributed by atoms with Crippen LogP contribution < -0.4 is 5.32 Å². The van der Waals surface area contributed by atoms with Crippen molar-refractivity contribution in [3.8, 4) is 0 Å². The lowest BCUT2D eigenvalue weighted by Crippen LogP contribution is -2.20. The van der Waals surface area contributed by atoms with Gasteiger partial charge in [0.2, 0.25) is 0 Å². The largest absolute Gasteiger partial charge is 0.311 e.